The summed E-state index contributed by atoms with van der Waals surface area (Å²) in [5.74, 6) is 6.05. The van der Waals surface area contributed by atoms with Crippen LogP contribution in [0, 0.1) is 0 Å². The van der Waals surface area contributed by atoms with E-state index in [0.29, 0.717) is 28.8 Å². The molecule has 1 fully saturated rings. The van der Waals surface area contributed by atoms with E-state index >= 15 is 0 Å². The van der Waals surface area contributed by atoms with Gasteiger partial charge in [0.1, 0.15) is 6.10 Å². The Labute approximate surface area is 154 Å². The fourth-order valence-corrected chi connectivity index (χ4v) is 3.19. The van der Waals surface area contributed by atoms with Crippen LogP contribution in [-0.4, -0.2) is 46.2 Å². The van der Waals surface area contributed by atoms with Crippen molar-refractivity contribution >= 4 is 29.3 Å². The summed E-state index contributed by atoms with van der Waals surface area (Å²) in [6, 6.07) is 6.43. The Morgan fingerprint density at radius 2 is 2.15 bits per heavy atom. The lowest BCUT2D eigenvalue weighted by Gasteiger charge is -2.09. The number of ether oxygens (including phenoxy) is 2. The van der Waals surface area contributed by atoms with Gasteiger partial charge >= 0.3 is 5.97 Å². The van der Waals surface area contributed by atoms with Crippen LogP contribution in [0.4, 0.5) is 5.69 Å². The summed E-state index contributed by atoms with van der Waals surface area (Å²) in [6.07, 6.45) is 1.70. The topological polar surface area (TPSA) is 121 Å². The second-order valence-corrected chi connectivity index (χ2v) is 6.56. The predicted molar refractivity (Wildman–Crippen MR) is 95.2 cm³/mol. The number of hydrogen-bond acceptors (Lipinski definition) is 8. The molecule has 1 amide bonds. The average Bonchev–Trinajstić information content (AvgIpc) is 3.29. The molecule has 0 saturated carbocycles. The molecule has 3 rings (SSSR count). The van der Waals surface area contributed by atoms with Gasteiger partial charge in [-0.3, -0.25) is 4.79 Å². The summed E-state index contributed by atoms with van der Waals surface area (Å²) in [4.78, 5) is 23.5. The van der Waals surface area contributed by atoms with Gasteiger partial charge in [0.15, 0.2) is 5.82 Å². The van der Waals surface area contributed by atoms with Gasteiger partial charge in [0, 0.05) is 12.3 Å². The zero-order valence-corrected chi connectivity index (χ0v) is 15.0. The fourth-order valence-electron chi connectivity index (χ4n) is 2.52. The lowest BCUT2D eigenvalue weighted by molar-refractivity contribution is -0.113. The minimum absolute atomic E-state index is 0.125. The molecule has 0 radical (unpaired) electrons. The molecule has 1 aliphatic heterocycles. The van der Waals surface area contributed by atoms with Crippen LogP contribution < -0.4 is 11.2 Å². The second kappa shape index (κ2) is 8.19. The number of benzene rings is 1. The van der Waals surface area contributed by atoms with E-state index in [0.717, 1.165) is 12.8 Å². The van der Waals surface area contributed by atoms with Crippen molar-refractivity contribution in [2.24, 2.45) is 0 Å². The number of rotatable bonds is 6. The number of aromatic nitrogens is 3. The number of nitrogens with one attached hydrogen (secondary N) is 1. The maximum atomic E-state index is 12.1. The molecule has 2 aromatic rings. The Kier molecular flexibility index (Phi) is 5.74. The van der Waals surface area contributed by atoms with Crippen molar-refractivity contribution in [2.45, 2.75) is 24.1 Å². The van der Waals surface area contributed by atoms with Crippen molar-refractivity contribution < 1.29 is 19.1 Å². The van der Waals surface area contributed by atoms with Crippen LogP contribution in [0.3, 0.4) is 0 Å². The molecular weight excluding hydrogens is 358 g/mol. The van der Waals surface area contributed by atoms with Gasteiger partial charge in [0.2, 0.25) is 11.1 Å². The van der Waals surface area contributed by atoms with Crippen LogP contribution in [0.5, 0.6) is 0 Å². The number of esters is 1. The van der Waals surface area contributed by atoms with Crippen molar-refractivity contribution in [2.75, 3.05) is 30.6 Å². The monoisotopic (exact) mass is 377 g/mol. The second-order valence-electron chi connectivity index (χ2n) is 5.62. The summed E-state index contributed by atoms with van der Waals surface area (Å²) in [5.41, 5.74) is 0.996. The number of methoxy groups -OCH3 is 1. The van der Waals surface area contributed by atoms with Gasteiger partial charge in [-0.2, -0.15) is 0 Å². The lowest BCUT2D eigenvalue weighted by atomic mass is 10.2. The van der Waals surface area contributed by atoms with Crippen molar-refractivity contribution in [3.63, 3.8) is 0 Å². The van der Waals surface area contributed by atoms with Crippen LogP contribution in [0.1, 0.15) is 35.1 Å². The molecule has 1 saturated heterocycles. The highest BCUT2D eigenvalue weighted by molar-refractivity contribution is 7.99. The Morgan fingerprint density at radius 1 is 1.38 bits per heavy atom. The van der Waals surface area contributed by atoms with Gasteiger partial charge in [-0.1, -0.05) is 11.8 Å². The largest absolute Gasteiger partial charge is 0.465 e. The summed E-state index contributed by atoms with van der Waals surface area (Å²) < 4.78 is 11.6. The van der Waals surface area contributed by atoms with E-state index in [9.17, 15) is 9.59 Å². The standard InChI is InChI=1S/C16H19N5O4S/c1-24-15(23)10-4-6-11(7-5-10)18-13(22)9-26-16-20-19-14(21(16)17)12-3-2-8-25-12/h4-7,12H,2-3,8-9,17H2,1H3,(H,18,22)/t12-/m1/s1. The average molecular weight is 377 g/mol. The molecule has 26 heavy (non-hydrogen) atoms. The number of amides is 1. The van der Waals surface area contributed by atoms with Gasteiger partial charge in [-0.15, -0.1) is 10.2 Å². The van der Waals surface area contributed by atoms with Gasteiger partial charge in [-0.25, -0.2) is 9.47 Å². The van der Waals surface area contributed by atoms with Crippen molar-refractivity contribution in [1.82, 2.24) is 14.9 Å². The van der Waals surface area contributed by atoms with Gasteiger partial charge < -0.3 is 20.6 Å². The van der Waals surface area contributed by atoms with E-state index in [4.69, 9.17) is 10.6 Å². The number of nitrogen functional groups attached to an aromatic ring is 1. The molecule has 2 heterocycles. The molecule has 3 N–H and O–H groups in total. The first kappa shape index (κ1) is 18.2. The molecule has 10 heteroatoms. The van der Waals surface area contributed by atoms with E-state index in [-0.39, 0.29) is 17.8 Å². The van der Waals surface area contributed by atoms with Gasteiger partial charge in [0.05, 0.1) is 18.4 Å². The minimum Gasteiger partial charge on any atom is -0.465 e. The van der Waals surface area contributed by atoms with Crippen LogP contribution in [-0.2, 0) is 14.3 Å². The smallest absolute Gasteiger partial charge is 0.337 e. The molecule has 1 aromatic carbocycles. The van der Waals surface area contributed by atoms with Gasteiger partial charge in [0.25, 0.3) is 0 Å². The maximum absolute atomic E-state index is 12.1. The maximum Gasteiger partial charge on any atom is 0.337 e. The zero-order chi connectivity index (χ0) is 18.5. The number of carbonyl (C=O) groups excluding carboxylic acids is 2. The molecule has 0 spiro atoms. The summed E-state index contributed by atoms with van der Waals surface area (Å²) in [7, 11) is 1.32. The number of thioether (sulfide) groups is 1. The quantitative estimate of drug-likeness (QED) is 0.440. The number of nitrogens with zero attached hydrogens (tertiary/aromatic N) is 3. The summed E-state index contributed by atoms with van der Waals surface area (Å²) >= 11 is 1.19. The predicted octanol–water partition coefficient (Wildman–Crippen LogP) is 1.36. The molecular formula is C16H19N5O4S. The zero-order valence-electron chi connectivity index (χ0n) is 14.2. The number of anilines is 1. The van der Waals surface area contributed by atoms with Crippen LogP contribution in [0.15, 0.2) is 29.4 Å². The lowest BCUT2D eigenvalue weighted by Crippen LogP contribution is -2.18. The molecule has 1 aromatic heterocycles. The highest BCUT2D eigenvalue weighted by Gasteiger charge is 2.24. The van der Waals surface area contributed by atoms with Crippen molar-refractivity contribution in [3.05, 3.63) is 35.7 Å². The van der Waals surface area contributed by atoms with E-state index < -0.39 is 5.97 Å². The number of nitrogens with two attached hydrogens (primary N) is 1. The first-order valence-electron chi connectivity index (χ1n) is 8.01. The third-order valence-corrected chi connectivity index (χ3v) is 4.77. The Bertz CT molecular complexity index is 786. The van der Waals surface area contributed by atoms with E-state index in [2.05, 4.69) is 20.3 Å². The Morgan fingerprint density at radius 3 is 2.81 bits per heavy atom. The fraction of sp³-hybridized carbons (Fsp3) is 0.375. The van der Waals surface area contributed by atoms with Crippen molar-refractivity contribution in [1.29, 1.82) is 0 Å². The van der Waals surface area contributed by atoms with E-state index in [1.807, 2.05) is 0 Å². The van der Waals surface area contributed by atoms with Crippen LogP contribution in [0.25, 0.3) is 0 Å². The highest BCUT2D eigenvalue weighted by atomic mass is 32.2. The van der Waals surface area contributed by atoms with E-state index in [1.165, 1.54) is 23.5 Å². The normalized spacial score (nSPS) is 16.4. The number of carbonyl (C=O) groups is 2. The third kappa shape index (κ3) is 4.14. The molecule has 1 aliphatic rings. The van der Waals surface area contributed by atoms with E-state index in [1.54, 1.807) is 24.3 Å². The first-order valence-corrected chi connectivity index (χ1v) is 9.00. The molecule has 0 unspecified atom stereocenters. The SMILES string of the molecule is COC(=O)c1ccc(NC(=O)CSc2nnc([C@H]3CCCO3)n2N)cc1. The minimum atomic E-state index is -0.428. The van der Waals surface area contributed by atoms with Crippen molar-refractivity contribution in [3.8, 4) is 0 Å². The Hall–Kier alpha value is -2.59. The van der Waals surface area contributed by atoms with Gasteiger partial charge in [-0.05, 0) is 37.1 Å². The van der Waals surface area contributed by atoms with Crippen LogP contribution in [0.2, 0.25) is 0 Å². The highest BCUT2D eigenvalue weighted by Crippen LogP contribution is 2.28. The summed E-state index contributed by atoms with van der Waals surface area (Å²) in [5, 5.41) is 11.3. The molecule has 0 aliphatic carbocycles. The molecule has 0 bridgehead atoms. The van der Waals surface area contributed by atoms with Crippen LogP contribution >= 0.6 is 11.8 Å². The number of hydrogen-bond donors (Lipinski definition) is 2. The summed E-state index contributed by atoms with van der Waals surface area (Å²) in [6.45, 7) is 0.692. The third-order valence-electron chi connectivity index (χ3n) is 3.83. The molecule has 9 nitrogen and oxygen atoms in total. The first-order chi connectivity index (χ1) is 12.6. The Balaban J connectivity index is 1.53. The molecule has 138 valence electrons. The molecule has 1 atom stereocenters.